The Bertz CT molecular complexity index is 261. The number of aliphatic hydroxyl groups is 2. The van der Waals surface area contributed by atoms with Crippen LogP contribution in [0.3, 0.4) is 0 Å². The highest BCUT2D eigenvalue weighted by Gasteiger charge is 2.47. The van der Waals surface area contributed by atoms with Gasteiger partial charge in [-0.25, -0.2) is 0 Å². The number of hydrogen-bond acceptors (Lipinski definition) is 4. The van der Waals surface area contributed by atoms with Gasteiger partial charge in [0, 0.05) is 4.92 Å². The van der Waals surface area contributed by atoms with Crippen molar-refractivity contribution in [3.63, 3.8) is 0 Å². The minimum Gasteiger partial charge on any atom is -0.395 e. The lowest BCUT2D eigenvalue weighted by Gasteiger charge is -2.27. The number of hydrogen-bond donors (Lipinski definition) is 2. The van der Waals surface area contributed by atoms with Gasteiger partial charge in [0.05, 0.1) is 12.5 Å². The quantitative estimate of drug-likeness (QED) is 0.468. The Balaban J connectivity index is 3.02. The molecule has 0 aromatic rings. The summed E-state index contributed by atoms with van der Waals surface area (Å²) in [5.41, 5.74) is -1.55. The van der Waals surface area contributed by atoms with E-state index >= 15 is 0 Å². The van der Waals surface area contributed by atoms with E-state index in [1.807, 2.05) is 0 Å². The van der Waals surface area contributed by atoms with Gasteiger partial charge >= 0.3 is 0 Å². The summed E-state index contributed by atoms with van der Waals surface area (Å²) in [7, 11) is 0. The van der Waals surface area contributed by atoms with Crippen LogP contribution in [0.15, 0.2) is 24.3 Å². The molecule has 0 amide bonds. The largest absolute Gasteiger partial charge is 0.395 e. The highest BCUT2D eigenvalue weighted by Crippen LogP contribution is 2.26. The van der Waals surface area contributed by atoms with Gasteiger partial charge in [-0.1, -0.05) is 18.2 Å². The van der Waals surface area contributed by atoms with E-state index in [9.17, 15) is 10.1 Å². The Morgan fingerprint density at radius 2 is 2.15 bits per heavy atom. The molecule has 0 radical (unpaired) electrons. The standard InChI is InChI=1S/C8H11NO4/c10-5-7-3-1-2-4-8(7,6-11)9(12)13/h1-4,7,10-11H,5-6H2. The molecule has 0 saturated carbocycles. The minimum atomic E-state index is -1.55. The van der Waals surface area contributed by atoms with Gasteiger partial charge in [-0.2, -0.15) is 0 Å². The summed E-state index contributed by atoms with van der Waals surface area (Å²) >= 11 is 0. The van der Waals surface area contributed by atoms with Crippen LogP contribution >= 0.6 is 0 Å². The van der Waals surface area contributed by atoms with E-state index in [1.165, 1.54) is 18.2 Å². The van der Waals surface area contributed by atoms with E-state index in [2.05, 4.69) is 0 Å². The van der Waals surface area contributed by atoms with Gasteiger partial charge < -0.3 is 10.2 Å². The van der Waals surface area contributed by atoms with E-state index in [-0.39, 0.29) is 6.61 Å². The maximum Gasteiger partial charge on any atom is 0.271 e. The Labute approximate surface area is 75.2 Å². The Morgan fingerprint density at radius 1 is 1.46 bits per heavy atom. The first kappa shape index (κ1) is 9.88. The lowest BCUT2D eigenvalue weighted by atomic mass is 9.82. The van der Waals surface area contributed by atoms with Gasteiger partial charge in [0.2, 0.25) is 0 Å². The summed E-state index contributed by atoms with van der Waals surface area (Å²) in [5.74, 6) is -0.655. The maximum absolute atomic E-state index is 10.7. The van der Waals surface area contributed by atoms with Crippen molar-refractivity contribution in [1.29, 1.82) is 0 Å². The molecule has 0 heterocycles. The van der Waals surface area contributed by atoms with Crippen LogP contribution in [0.2, 0.25) is 0 Å². The molecule has 5 heteroatoms. The molecule has 5 nitrogen and oxygen atoms in total. The van der Waals surface area contributed by atoms with E-state index in [0.717, 1.165) is 0 Å². The van der Waals surface area contributed by atoms with Crippen LogP contribution < -0.4 is 0 Å². The second kappa shape index (κ2) is 3.68. The first-order valence-electron chi connectivity index (χ1n) is 3.89. The van der Waals surface area contributed by atoms with Crippen molar-refractivity contribution in [2.24, 2.45) is 5.92 Å². The highest BCUT2D eigenvalue weighted by molar-refractivity contribution is 5.21. The average Bonchev–Trinajstić information content (AvgIpc) is 2.17. The van der Waals surface area contributed by atoms with Crippen LogP contribution in [0, 0.1) is 16.0 Å². The molecule has 1 aliphatic rings. The van der Waals surface area contributed by atoms with Gasteiger partial charge in [-0.15, -0.1) is 0 Å². The average molecular weight is 185 g/mol. The third-order valence-electron chi connectivity index (χ3n) is 2.27. The van der Waals surface area contributed by atoms with Crippen molar-refractivity contribution >= 4 is 0 Å². The van der Waals surface area contributed by atoms with E-state index in [0.29, 0.717) is 0 Å². The summed E-state index contributed by atoms with van der Waals surface area (Å²) in [6.07, 6.45) is 5.97. The molecule has 2 atom stereocenters. The molecule has 0 saturated heterocycles. The number of aliphatic hydroxyl groups excluding tert-OH is 2. The predicted octanol–water partition coefficient (Wildman–Crippen LogP) is -0.271. The number of allylic oxidation sites excluding steroid dienone is 2. The van der Waals surface area contributed by atoms with E-state index in [1.54, 1.807) is 6.08 Å². The number of rotatable bonds is 3. The van der Waals surface area contributed by atoms with Gasteiger partial charge in [0.1, 0.15) is 6.61 Å². The summed E-state index contributed by atoms with van der Waals surface area (Å²) < 4.78 is 0. The molecule has 0 spiro atoms. The number of nitro groups is 1. The lowest BCUT2D eigenvalue weighted by molar-refractivity contribution is -0.567. The van der Waals surface area contributed by atoms with Crippen LogP contribution in [0.25, 0.3) is 0 Å². The molecule has 0 fully saturated rings. The van der Waals surface area contributed by atoms with Crippen molar-refractivity contribution < 1.29 is 15.1 Å². The molecule has 0 aromatic carbocycles. The summed E-state index contributed by atoms with van der Waals surface area (Å²) in [4.78, 5) is 10.2. The first-order chi connectivity index (χ1) is 6.17. The van der Waals surface area contributed by atoms with Crippen molar-refractivity contribution in [1.82, 2.24) is 0 Å². The molecule has 72 valence electrons. The van der Waals surface area contributed by atoms with Crippen molar-refractivity contribution in [2.45, 2.75) is 5.54 Å². The number of nitrogens with zero attached hydrogens (tertiary/aromatic N) is 1. The zero-order valence-electron chi connectivity index (χ0n) is 6.96. The molecule has 0 bridgehead atoms. The molecule has 0 aromatic heterocycles. The maximum atomic E-state index is 10.7. The molecule has 0 aliphatic heterocycles. The normalized spacial score (nSPS) is 32.0. The molecular weight excluding hydrogens is 174 g/mol. The van der Waals surface area contributed by atoms with Crippen LogP contribution in [0.4, 0.5) is 0 Å². The van der Waals surface area contributed by atoms with Gasteiger partial charge in [-0.05, 0) is 6.08 Å². The van der Waals surface area contributed by atoms with E-state index in [4.69, 9.17) is 10.2 Å². The molecular formula is C8H11NO4. The Hall–Kier alpha value is -1.20. The fraction of sp³-hybridized carbons (Fsp3) is 0.500. The van der Waals surface area contributed by atoms with Crippen molar-refractivity contribution in [3.05, 3.63) is 34.4 Å². The molecule has 2 N–H and O–H groups in total. The zero-order chi connectivity index (χ0) is 9.90. The first-order valence-corrected chi connectivity index (χ1v) is 3.89. The summed E-state index contributed by atoms with van der Waals surface area (Å²) in [6, 6.07) is 0. The second-order valence-corrected chi connectivity index (χ2v) is 2.94. The lowest BCUT2D eigenvalue weighted by Crippen LogP contribution is -2.48. The highest BCUT2D eigenvalue weighted by atomic mass is 16.6. The monoisotopic (exact) mass is 185 g/mol. The van der Waals surface area contributed by atoms with Gasteiger partial charge in [0.15, 0.2) is 0 Å². The Morgan fingerprint density at radius 3 is 2.54 bits per heavy atom. The molecule has 1 rings (SSSR count). The van der Waals surface area contributed by atoms with Crippen LogP contribution in [0.1, 0.15) is 0 Å². The van der Waals surface area contributed by atoms with Crippen LogP contribution in [0.5, 0.6) is 0 Å². The molecule has 13 heavy (non-hydrogen) atoms. The minimum absolute atomic E-state index is 0.345. The third kappa shape index (κ3) is 1.48. The predicted molar refractivity (Wildman–Crippen MR) is 45.7 cm³/mol. The summed E-state index contributed by atoms with van der Waals surface area (Å²) in [5, 5.41) is 28.6. The zero-order valence-corrected chi connectivity index (χ0v) is 6.96. The van der Waals surface area contributed by atoms with Gasteiger partial charge in [-0.3, -0.25) is 10.1 Å². The van der Waals surface area contributed by atoms with Crippen molar-refractivity contribution in [2.75, 3.05) is 13.2 Å². The fourth-order valence-electron chi connectivity index (χ4n) is 1.35. The molecule has 1 aliphatic carbocycles. The SMILES string of the molecule is O=[N+]([O-])C1(CO)C=CC=CC1CO. The topological polar surface area (TPSA) is 83.6 Å². The third-order valence-corrected chi connectivity index (χ3v) is 2.27. The van der Waals surface area contributed by atoms with Gasteiger partial charge in [0.25, 0.3) is 5.54 Å². The van der Waals surface area contributed by atoms with E-state index < -0.39 is 23.0 Å². The molecule has 2 unspecified atom stereocenters. The smallest absolute Gasteiger partial charge is 0.271 e. The summed E-state index contributed by atoms with van der Waals surface area (Å²) in [6.45, 7) is -0.950. The Kier molecular flexibility index (Phi) is 2.79. The van der Waals surface area contributed by atoms with Crippen LogP contribution in [-0.2, 0) is 0 Å². The fourth-order valence-corrected chi connectivity index (χ4v) is 1.35. The van der Waals surface area contributed by atoms with Crippen LogP contribution in [-0.4, -0.2) is 33.9 Å². The second-order valence-electron chi connectivity index (χ2n) is 2.94. The van der Waals surface area contributed by atoms with Crippen molar-refractivity contribution in [3.8, 4) is 0 Å².